The Hall–Kier alpha value is -0.380. The van der Waals surface area contributed by atoms with E-state index in [1.807, 2.05) is 13.0 Å². The molecule has 0 aromatic carbocycles. The summed E-state index contributed by atoms with van der Waals surface area (Å²) < 4.78 is 11.2. The van der Waals surface area contributed by atoms with Crippen molar-refractivity contribution in [2.45, 2.75) is 37.8 Å². The predicted molar refractivity (Wildman–Crippen MR) is 57.2 cm³/mol. The fraction of sp³-hybridized carbons (Fsp3) is 0.818. The van der Waals surface area contributed by atoms with Gasteiger partial charge >= 0.3 is 0 Å². The molecule has 0 aromatic rings. The number of hydrogen-bond donors (Lipinski definition) is 1. The first-order valence-corrected chi connectivity index (χ1v) is 5.33. The van der Waals surface area contributed by atoms with E-state index in [0.29, 0.717) is 6.61 Å². The highest BCUT2D eigenvalue weighted by atomic mass is 16.5. The van der Waals surface area contributed by atoms with Crippen molar-refractivity contribution in [2.75, 3.05) is 19.8 Å². The highest BCUT2D eigenvalue weighted by Gasteiger charge is 2.38. The molecule has 14 heavy (non-hydrogen) atoms. The fourth-order valence-corrected chi connectivity index (χ4v) is 2.02. The lowest BCUT2D eigenvalue weighted by Gasteiger charge is -2.41. The summed E-state index contributed by atoms with van der Waals surface area (Å²) in [5.74, 6) is 0. The molecular weight excluding hydrogens is 178 g/mol. The monoisotopic (exact) mass is 199 g/mol. The zero-order valence-corrected chi connectivity index (χ0v) is 9.00. The van der Waals surface area contributed by atoms with E-state index in [-0.39, 0.29) is 11.6 Å². The van der Waals surface area contributed by atoms with Crippen LogP contribution in [-0.2, 0) is 9.47 Å². The lowest BCUT2D eigenvalue weighted by molar-refractivity contribution is -0.120. The Bertz CT molecular complexity index is 171. The van der Waals surface area contributed by atoms with E-state index in [1.165, 1.54) is 0 Å². The van der Waals surface area contributed by atoms with Gasteiger partial charge in [0, 0.05) is 38.7 Å². The molecule has 1 saturated heterocycles. The van der Waals surface area contributed by atoms with Crippen LogP contribution in [0.3, 0.4) is 0 Å². The zero-order chi connectivity index (χ0) is 10.4. The summed E-state index contributed by atoms with van der Waals surface area (Å²) in [6.45, 7) is 7.95. The van der Waals surface area contributed by atoms with Crippen LogP contribution in [0.4, 0.5) is 0 Å². The van der Waals surface area contributed by atoms with Crippen LogP contribution in [0.2, 0.25) is 0 Å². The van der Waals surface area contributed by atoms with E-state index in [4.69, 9.17) is 15.2 Å². The first kappa shape index (κ1) is 11.7. The zero-order valence-electron chi connectivity index (χ0n) is 9.00. The van der Waals surface area contributed by atoms with Gasteiger partial charge in [-0.05, 0) is 13.3 Å². The molecule has 1 atom stereocenters. The maximum Gasteiger partial charge on any atom is 0.0879 e. The minimum Gasteiger partial charge on any atom is -0.381 e. The summed E-state index contributed by atoms with van der Waals surface area (Å²) in [6.07, 6.45) is 4.46. The number of nitrogens with two attached hydrogens (primary N) is 1. The lowest BCUT2D eigenvalue weighted by Crippen LogP contribution is -2.53. The highest BCUT2D eigenvalue weighted by molar-refractivity contribution is 4.96. The molecule has 0 spiro atoms. The van der Waals surface area contributed by atoms with Crippen LogP contribution in [0.25, 0.3) is 0 Å². The van der Waals surface area contributed by atoms with E-state index < -0.39 is 0 Å². The first-order valence-electron chi connectivity index (χ1n) is 5.33. The van der Waals surface area contributed by atoms with E-state index >= 15 is 0 Å². The molecule has 0 amide bonds. The van der Waals surface area contributed by atoms with E-state index in [0.717, 1.165) is 32.5 Å². The van der Waals surface area contributed by atoms with Crippen molar-refractivity contribution in [1.82, 2.24) is 0 Å². The van der Waals surface area contributed by atoms with Gasteiger partial charge in [-0.25, -0.2) is 0 Å². The molecule has 0 radical (unpaired) electrons. The van der Waals surface area contributed by atoms with Gasteiger partial charge in [0.1, 0.15) is 0 Å². The summed E-state index contributed by atoms with van der Waals surface area (Å²) in [5.41, 5.74) is 5.95. The molecule has 1 unspecified atom stereocenters. The topological polar surface area (TPSA) is 44.5 Å². The Labute approximate surface area is 86.3 Å². The summed E-state index contributed by atoms with van der Waals surface area (Å²) in [6, 6.07) is 0.0452. The minimum atomic E-state index is -0.179. The molecule has 1 aliphatic heterocycles. The smallest absolute Gasteiger partial charge is 0.0879 e. The lowest BCUT2D eigenvalue weighted by atomic mass is 9.84. The molecule has 3 heteroatoms. The third-order valence-corrected chi connectivity index (χ3v) is 2.87. The second-order valence-corrected chi connectivity index (χ2v) is 3.74. The standard InChI is InChI=1S/C11H21NO2/c1-3-5-10(12)11(14-4-2)6-8-13-9-7-11/h3,10H,1,4-9,12H2,2H3. The van der Waals surface area contributed by atoms with Gasteiger partial charge in [-0.3, -0.25) is 0 Å². The molecule has 2 N–H and O–H groups in total. The molecule has 0 saturated carbocycles. The van der Waals surface area contributed by atoms with Gasteiger partial charge in [-0.1, -0.05) is 6.08 Å². The molecule has 82 valence electrons. The van der Waals surface area contributed by atoms with Crippen LogP contribution >= 0.6 is 0 Å². The van der Waals surface area contributed by atoms with Crippen molar-refractivity contribution in [3.05, 3.63) is 12.7 Å². The van der Waals surface area contributed by atoms with Gasteiger partial charge in [0.05, 0.1) is 5.60 Å². The minimum absolute atomic E-state index is 0.0452. The van der Waals surface area contributed by atoms with Gasteiger partial charge in [-0.15, -0.1) is 6.58 Å². The first-order chi connectivity index (χ1) is 6.75. The number of hydrogen-bond acceptors (Lipinski definition) is 3. The van der Waals surface area contributed by atoms with Crippen LogP contribution in [-0.4, -0.2) is 31.5 Å². The molecule has 0 aromatic heterocycles. The molecule has 1 heterocycles. The highest BCUT2D eigenvalue weighted by Crippen LogP contribution is 2.29. The van der Waals surface area contributed by atoms with Crippen molar-refractivity contribution < 1.29 is 9.47 Å². The molecule has 0 aliphatic carbocycles. The van der Waals surface area contributed by atoms with E-state index in [2.05, 4.69) is 6.58 Å². The van der Waals surface area contributed by atoms with Gasteiger partial charge in [0.25, 0.3) is 0 Å². The predicted octanol–water partition coefficient (Wildman–Crippen LogP) is 1.48. The average Bonchev–Trinajstić information content (AvgIpc) is 2.20. The van der Waals surface area contributed by atoms with Crippen LogP contribution < -0.4 is 5.73 Å². The SMILES string of the molecule is C=CCC(N)C1(OCC)CCOCC1. The van der Waals surface area contributed by atoms with Crippen LogP contribution in [0, 0.1) is 0 Å². The summed E-state index contributed by atoms with van der Waals surface area (Å²) in [4.78, 5) is 0. The van der Waals surface area contributed by atoms with Gasteiger partial charge in [0.2, 0.25) is 0 Å². The van der Waals surface area contributed by atoms with Crippen molar-refractivity contribution in [3.8, 4) is 0 Å². The fourth-order valence-electron chi connectivity index (χ4n) is 2.02. The van der Waals surface area contributed by atoms with Crippen molar-refractivity contribution in [3.63, 3.8) is 0 Å². The maximum atomic E-state index is 6.13. The largest absolute Gasteiger partial charge is 0.381 e. The Morgan fingerprint density at radius 3 is 2.71 bits per heavy atom. The van der Waals surface area contributed by atoms with Crippen LogP contribution in [0.5, 0.6) is 0 Å². The van der Waals surface area contributed by atoms with Gasteiger partial charge in [0.15, 0.2) is 0 Å². The molecule has 0 bridgehead atoms. The summed E-state index contributed by atoms with van der Waals surface area (Å²) in [7, 11) is 0. The van der Waals surface area contributed by atoms with E-state index in [1.54, 1.807) is 0 Å². The van der Waals surface area contributed by atoms with Crippen LogP contribution in [0.15, 0.2) is 12.7 Å². The molecule has 1 aliphatic rings. The molecule has 1 rings (SSSR count). The van der Waals surface area contributed by atoms with Crippen molar-refractivity contribution >= 4 is 0 Å². The Morgan fingerprint density at radius 2 is 2.21 bits per heavy atom. The summed E-state index contributed by atoms with van der Waals surface area (Å²) in [5, 5.41) is 0. The van der Waals surface area contributed by atoms with Gasteiger partial charge < -0.3 is 15.2 Å². The normalized spacial score (nSPS) is 23.0. The number of rotatable bonds is 5. The van der Waals surface area contributed by atoms with E-state index in [9.17, 15) is 0 Å². The van der Waals surface area contributed by atoms with Gasteiger partial charge in [-0.2, -0.15) is 0 Å². The Balaban J connectivity index is 2.62. The maximum absolute atomic E-state index is 6.13. The third kappa shape index (κ3) is 2.56. The molecule has 3 nitrogen and oxygen atoms in total. The van der Waals surface area contributed by atoms with Crippen molar-refractivity contribution in [1.29, 1.82) is 0 Å². The summed E-state index contributed by atoms with van der Waals surface area (Å²) >= 11 is 0. The Morgan fingerprint density at radius 1 is 1.57 bits per heavy atom. The van der Waals surface area contributed by atoms with Crippen molar-refractivity contribution in [2.24, 2.45) is 5.73 Å². The number of ether oxygens (including phenoxy) is 2. The average molecular weight is 199 g/mol. The third-order valence-electron chi connectivity index (χ3n) is 2.87. The quantitative estimate of drug-likeness (QED) is 0.682. The second kappa shape index (κ2) is 5.49. The van der Waals surface area contributed by atoms with Crippen LogP contribution in [0.1, 0.15) is 26.2 Å². The molecular formula is C11H21NO2. The molecule has 1 fully saturated rings. The Kier molecular flexibility index (Phi) is 4.58. The second-order valence-electron chi connectivity index (χ2n) is 3.74.